The molecule has 0 unspecified atom stereocenters. The number of benzene rings is 1. The van der Waals surface area contributed by atoms with Gasteiger partial charge in [-0.2, -0.15) is 0 Å². The number of piperidine rings is 1. The van der Waals surface area contributed by atoms with Crippen LogP contribution in [0.1, 0.15) is 46.5 Å². The molecule has 1 aromatic carbocycles. The minimum absolute atomic E-state index is 0.0316. The van der Waals surface area contributed by atoms with Gasteiger partial charge in [0.1, 0.15) is 5.60 Å². The maximum Gasteiger partial charge on any atom is 0.410 e. The molecule has 7 heteroatoms. The lowest BCUT2D eigenvalue weighted by molar-refractivity contribution is 0.0102. The lowest BCUT2D eigenvalue weighted by atomic mass is 10.00. The Kier molecular flexibility index (Phi) is 7.38. The highest BCUT2D eigenvalue weighted by Gasteiger charge is 2.34. The quantitative estimate of drug-likeness (QED) is 0.579. The van der Waals surface area contributed by atoms with Crippen LogP contribution in [0.4, 0.5) is 4.79 Å². The number of carbonyl (C=O) groups is 1. The Morgan fingerprint density at radius 3 is 2.34 bits per heavy atom. The van der Waals surface area contributed by atoms with Gasteiger partial charge in [0, 0.05) is 17.1 Å². The number of likely N-dealkylation sites (tertiary alicyclic amines) is 1. The molecule has 0 aromatic heterocycles. The minimum Gasteiger partial charge on any atom is -0.444 e. The van der Waals surface area contributed by atoms with Crippen molar-refractivity contribution >= 4 is 24.0 Å². The van der Waals surface area contributed by atoms with Crippen LogP contribution in [-0.2, 0) is 14.6 Å². The standard InChI is InChI=1S/C22H35NO4SSi/c1-22(2,3)27-21(24)23-17-11-10-12-18(23)15-16-20(29(4,5)6)28(25,26)19-13-8-7-9-14-19/h7-9,13-14,16,18H,10-12,15,17H2,1-6H3/b20-16+/t18-/m0/s1. The second-order valence-electron chi connectivity index (χ2n) is 9.69. The van der Waals surface area contributed by atoms with Crippen LogP contribution in [0.25, 0.3) is 0 Å². The highest BCUT2D eigenvalue weighted by Crippen LogP contribution is 2.30. The van der Waals surface area contributed by atoms with E-state index < -0.39 is 23.5 Å². The Balaban J connectivity index is 2.31. The van der Waals surface area contributed by atoms with E-state index in [2.05, 4.69) is 0 Å². The summed E-state index contributed by atoms with van der Waals surface area (Å²) in [5.74, 6) is 0. The highest BCUT2D eigenvalue weighted by molar-refractivity contribution is 7.97. The van der Waals surface area contributed by atoms with Gasteiger partial charge in [0.2, 0.25) is 0 Å². The largest absolute Gasteiger partial charge is 0.444 e. The van der Waals surface area contributed by atoms with Crippen molar-refractivity contribution in [3.8, 4) is 0 Å². The molecule has 0 radical (unpaired) electrons. The second-order valence-corrected chi connectivity index (χ2v) is 17.0. The predicted octanol–water partition coefficient (Wildman–Crippen LogP) is 5.40. The van der Waals surface area contributed by atoms with Crippen molar-refractivity contribution in [1.29, 1.82) is 0 Å². The van der Waals surface area contributed by atoms with Gasteiger partial charge in [-0.05, 0) is 58.6 Å². The van der Waals surface area contributed by atoms with E-state index >= 15 is 0 Å². The molecular weight excluding hydrogens is 402 g/mol. The van der Waals surface area contributed by atoms with E-state index in [-0.39, 0.29) is 12.1 Å². The van der Waals surface area contributed by atoms with Crippen molar-refractivity contribution in [1.82, 2.24) is 4.90 Å². The van der Waals surface area contributed by atoms with Gasteiger partial charge in [-0.1, -0.05) is 43.9 Å². The molecule has 5 nitrogen and oxygen atoms in total. The topological polar surface area (TPSA) is 63.7 Å². The zero-order chi connectivity index (χ0) is 21.9. The zero-order valence-corrected chi connectivity index (χ0v) is 20.4. The van der Waals surface area contributed by atoms with Crippen molar-refractivity contribution < 1.29 is 17.9 Å². The molecule has 1 atom stereocenters. The molecule has 162 valence electrons. The fourth-order valence-electron chi connectivity index (χ4n) is 3.60. The van der Waals surface area contributed by atoms with Gasteiger partial charge in [-0.25, -0.2) is 13.2 Å². The summed E-state index contributed by atoms with van der Waals surface area (Å²) in [7, 11) is -5.68. The summed E-state index contributed by atoms with van der Waals surface area (Å²) in [6, 6.07) is 8.59. The van der Waals surface area contributed by atoms with E-state index in [1.54, 1.807) is 29.2 Å². The Morgan fingerprint density at radius 2 is 1.79 bits per heavy atom. The molecule has 0 saturated carbocycles. The van der Waals surface area contributed by atoms with Crippen molar-refractivity contribution in [2.75, 3.05) is 6.54 Å². The number of rotatable bonds is 5. The lowest BCUT2D eigenvalue weighted by Gasteiger charge is -2.36. The Morgan fingerprint density at radius 1 is 1.17 bits per heavy atom. The van der Waals surface area contributed by atoms with Crippen LogP contribution in [0.3, 0.4) is 0 Å². The molecule has 1 aromatic rings. The fraction of sp³-hybridized carbons (Fsp3) is 0.591. The molecule has 1 fully saturated rings. The van der Waals surface area contributed by atoms with Gasteiger partial charge in [0.25, 0.3) is 0 Å². The third-order valence-corrected chi connectivity index (χ3v) is 10.9. The van der Waals surface area contributed by atoms with Crippen molar-refractivity contribution in [3.05, 3.63) is 40.9 Å². The van der Waals surface area contributed by atoms with Gasteiger partial charge in [0.05, 0.1) is 13.0 Å². The van der Waals surface area contributed by atoms with Gasteiger partial charge in [-0.3, -0.25) is 0 Å². The van der Waals surface area contributed by atoms with Crippen molar-refractivity contribution in [2.24, 2.45) is 0 Å². The molecule has 1 amide bonds. The third-order valence-electron chi connectivity index (χ3n) is 4.91. The van der Waals surface area contributed by atoms with Gasteiger partial charge in [0.15, 0.2) is 9.84 Å². The van der Waals surface area contributed by atoms with Gasteiger partial charge in [-0.15, -0.1) is 0 Å². The van der Waals surface area contributed by atoms with E-state index in [0.717, 1.165) is 19.3 Å². The number of sulfone groups is 1. The molecule has 0 aliphatic carbocycles. The van der Waals surface area contributed by atoms with Crippen LogP contribution < -0.4 is 0 Å². The van der Waals surface area contributed by atoms with Crippen LogP contribution in [0.2, 0.25) is 19.6 Å². The molecule has 1 aliphatic rings. The minimum atomic E-state index is -3.54. The number of amides is 1. The first-order chi connectivity index (χ1) is 13.3. The Hall–Kier alpha value is -1.60. The highest BCUT2D eigenvalue weighted by atomic mass is 32.2. The van der Waals surface area contributed by atoms with E-state index in [9.17, 15) is 13.2 Å². The SMILES string of the molecule is CC(C)(C)OC(=O)N1CCCC[C@H]1C/C=C(/[Si](C)(C)C)S(=O)(=O)c1ccccc1. The molecule has 0 bridgehead atoms. The second kappa shape index (κ2) is 9.04. The third kappa shape index (κ3) is 6.44. The van der Waals surface area contributed by atoms with E-state index in [4.69, 9.17) is 4.74 Å². The zero-order valence-electron chi connectivity index (χ0n) is 18.6. The normalized spacial score (nSPS) is 19.2. The monoisotopic (exact) mass is 437 g/mol. The molecule has 0 N–H and O–H groups in total. The molecule has 29 heavy (non-hydrogen) atoms. The summed E-state index contributed by atoms with van der Waals surface area (Å²) in [6.07, 6.45) is 4.94. The first-order valence-corrected chi connectivity index (χ1v) is 15.3. The first-order valence-electron chi connectivity index (χ1n) is 10.3. The van der Waals surface area contributed by atoms with Crippen LogP contribution in [-0.4, -0.2) is 45.7 Å². The molecule has 1 heterocycles. The number of hydrogen-bond acceptors (Lipinski definition) is 4. The summed E-state index contributed by atoms with van der Waals surface area (Å²) < 4.78 is 32.7. The first kappa shape index (κ1) is 23.7. The van der Waals surface area contributed by atoms with E-state index in [1.165, 1.54) is 0 Å². The van der Waals surface area contributed by atoms with Crippen LogP contribution in [0.15, 0.2) is 45.8 Å². The number of nitrogens with zero attached hydrogens (tertiary/aromatic N) is 1. The number of ether oxygens (including phenoxy) is 1. The Bertz CT molecular complexity index is 836. The van der Waals surface area contributed by atoms with Crippen LogP contribution in [0, 0.1) is 0 Å². The summed E-state index contributed by atoms with van der Waals surface area (Å²) in [5, 5.41) is 0. The van der Waals surface area contributed by atoms with Gasteiger partial charge >= 0.3 is 6.09 Å². The molecular formula is C22H35NO4SSi. The summed E-state index contributed by atoms with van der Waals surface area (Å²) in [5.41, 5.74) is -0.547. The maximum atomic E-state index is 13.3. The molecule has 2 rings (SSSR count). The Labute approximate surface area is 177 Å². The summed E-state index contributed by atoms with van der Waals surface area (Å²) >= 11 is 0. The van der Waals surface area contributed by atoms with Crippen molar-refractivity contribution in [2.45, 2.75) is 82.6 Å². The van der Waals surface area contributed by atoms with Crippen LogP contribution in [0.5, 0.6) is 0 Å². The van der Waals surface area contributed by atoms with Gasteiger partial charge < -0.3 is 9.64 Å². The van der Waals surface area contributed by atoms with E-state index in [1.807, 2.05) is 52.6 Å². The summed E-state index contributed by atoms with van der Waals surface area (Å²) in [4.78, 5) is 14.8. The van der Waals surface area contributed by atoms with Crippen molar-refractivity contribution in [3.63, 3.8) is 0 Å². The molecule has 1 saturated heterocycles. The average Bonchev–Trinajstić information content (AvgIpc) is 2.60. The average molecular weight is 438 g/mol. The lowest BCUT2D eigenvalue weighted by Crippen LogP contribution is -2.46. The predicted molar refractivity (Wildman–Crippen MR) is 120 cm³/mol. The molecule has 0 spiro atoms. The number of hydrogen-bond donors (Lipinski definition) is 0. The maximum absolute atomic E-state index is 13.3. The smallest absolute Gasteiger partial charge is 0.410 e. The number of carbonyl (C=O) groups excluding carboxylic acids is 1. The fourth-order valence-corrected chi connectivity index (χ4v) is 8.99. The summed E-state index contributed by atoms with van der Waals surface area (Å²) in [6.45, 7) is 12.4. The van der Waals surface area contributed by atoms with E-state index in [0.29, 0.717) is 22.4 Å². The van der Waals surface area contributed by atoms with Crippen LogP contribution >= 0.6 is 0 Å². The molecule has 1 aliphatic heterocycles.